The average molecular weight is 312 g/mol. The van der Waals surface area contributed by atoms with E-state index in [1.165, 1.54) is 12.3 Å². The molecule has 0 fully saturated rings. The van der Waals surface area contributed by atoms with Gasteiger partial charge in [-0.25, -0.2) is 13.2 Å². The maximum Gasteiger partial charge on any atom is 0.262 e. The van der Waals surface area contributed by atoms with Crippen LogP contribution in [0.3, 0.4) is 0 Å². The minimum atomic E-state index is -1.62. The first-order valence-electron chi connectivity index (χ1n) is 6.14. The number of aromatic nitrogens is 1. The summed E-state index contributed by atoms with van der Waals surface area (Å²) >= 11 is 0. The number of H-pyrrole nitrogens is 1. The predicted molar refractivity (Wildman–Crippen MR) is 72.2 cm³/mol. The van der Waals surface area contributed by atoms with Crippen LogP contribution in [0.5, 0.6) is 5.75 Å². The van der Waals surface area contributed by atoms with E-state index in [1.807, 2.05) is 0 Å². The third-order valence-electron chi connectivity index (χ3n) is 2.71. The summed E-state index contributed by atoms with van der Waals surface area (Å²) < 4.78 is 43.9. The summed E-state index contributed by atoms with van der Waals surface area (Å²) in [4.78, 5) is 25.9. The lowest BCUT2D eigenvalue weighted by atomic mass is 10.3. The third kappa shape index (κ3) is 3.46. The molecule has 5 nitrogen and oxygen atoms in total. The Morgan fingerprint density at radius 2 is 1.91 bits per heavy atom. The number of pyridine rings is 1. The van der Waals surface area contributed by atoms with Gasteiger partial charge in [0.25, 0.3) is 5.91 Å². The zero-order valence-corrected chi connectivity index (χ0v) is 11.4. The zero-order valence-electron chi connectivity index (χ0n) is 11.4. The van der Waals surface area contributed by atoms with E-state index in [2.05, 4.69) is 10.3 Å². The molecule has 0 bridgehead atoms. The molecule has 2 rings (SSSR count). The fraction of sp³-hybridized carbons (Fsp3) is 0.143. The summed E-state index contributed by atoms with van der Waals surface area (Å²) in [5.41, 5.74) is -0.245. The summed E-state index contributed by atoms with van der Waals surface area (Å²) in [5, 5.41) is 2.14. The predicted octanol–water partition coefficient (Wildman–Crippen LogP) is 2.12. The fourth-order valence-electron chi connectivity index (χ4n) is 1.71. The normalized spacial score (nSPS) is 10.4. The van der Waals surface area contributed by atoms with Crippen LogP contribution < -0.4 is 15.5 Å². The Hall–Kier alpha value is -2.77. The summed E-state index contributed by atoms with van der Waals surface area (Å²) in [6.07, 6.45) is 1.43. The second-order valence-corrected chi connectivity index (χ2v) is 4.39. The first kappa shape index (κ1) is 15.6. The Bertz CT molecular complexity index is 751. The van der Waals surface area contributed by atoms with Crippen LogP contribution in [0.1, 0.15) is 5.69 Å². The van der Waals surface area contributed by atoms with Crippen molar-refractivity contribution in [3.63, 3.8) is 0 Å². The molecule has 0 aliphatic rings. The lowest BCUT2D eigenvalue weighted by Gasteiger charge is -2.09. The van der Waals surface area contributed by atoms with Gasteiger partial charge in [-0.05, 0) is 6.92 Å². The molecule has 1 heterocycles. The first-order valence-corrected chi connectivity index (χ1v) is 6.14. The quantitative estimate of drug-likeness (QED) is 0.850. The second kappa shape index (κ2) is 6.33. The topological polar surface area (TPSA) is 71.2 Å². The lowest BCUT2D eigenvalue weighted by molar-refractivity contribution is -0.118. The van der Waals surface area contributed by atoms with Crippen LogP contribution in [0.4, 0.5) is 18.9 Å². The number of amides is 1. The van der Waals surface area contributed by atoms with Crippen molar-refractivity contribution in [1.29, 1.82) is 0 Å². The van der Waals surface area contributed by atoms with Crippen molar-refractivity contribution in [3.8, 4) is 5.75 Å². The fourth-order valence-corrected chi connectivity index (χ4v) is 1.71. The van der Waals surface area contributed by atoms with Gasteiger partial charge in [-0.15, -0.1) is 0 Å². The minimum Gasteiger partial charge on any atom is -0.478 e. The van der Waals surface area contributed by atoms with Gasteiger partial charge in [-0.3, -0.25) is 9.59 Å². The molecule has 0 aliphatic carbocycles. The Morgan fingerprint density at radius 3 is 2.50 bits per heavy atom. The van der Waals surface area contributed by atoms with E-state index in [0.717, 1.165) is 0 Å². The molecule has 0 saturated carbocycles. The molecule has 0 spiro atoms. The number of carbonyl (C=O) groups excluding carboxylic acids is 1. The van der Waals surface area contributed by atoms with Crippen LogP contribution in [-0.2, 0) is 4.79 Å². The standard InChI is InChI=1S/C14H11F3N2O3/c1-7-14(11(20)2-3-18-7)22-6-12(21)19-8-4-9(15)13(17)10(16)5-8/h2-5H,6H2,1H3,(H,18,20)(H,19,21). The van der Waals surface area contributed by atoms with E-state index < -0.39 is 35.4 Å². The molecule has 1 aromatic heterocycles. The summed E-state index contributed by atoms with van der Waals surface area (Å²) in [7, 11) is 0. The molecule has 1 aromatic carbocycles. The van der Waals surface area contributed by atoms with Crippen LogP contribution in [-0.4, -0.2) is 17.5 Å². The van der Waals surface area contributed by atoms with Crippen molar-refractivity contribution in [3.05, 3.63) is 57.8 Å². The van der Waals surface area contributed by atoms with E-state index >= 15 is 0 Å². The Morgan fingerprint density at radius 1 is 1.27 bits per heavy atom. The summed E-state index contributed by atoms with van der Waals surface area (Å²) in [6, 6.07) is 2.50. The minimum absolute atomic E-state index is 0.0332. The lowest BCUT2D eigenvalue weighted by Crippen LogP contribution is -2.23. The van der Waals surface area contributed by atoms with Gasteiger partial charge in [0.2, 0.25) is 5.43 Å². The largest absolute Gasteiger partial charge is 0.478 e. The van der Waals surface area contributed by atoms with Crippen molar-refractivity contribution in [2.75, 3.05) is 11.9 Å². The van der Waals surface area contributed by atoms with Crippen LogP contribution in [0, 0.1) is 24.4 Å². The van der Waals surface area contributed by atoms with Gasteiger partial charge in [-0.1, -0.05) is 0 Å². The molecule has 116 valence electrons. The number of aryl methyl sites for hydroxylation is 1. The molecule has 2 N–H and O–H groups in total. The van der Waals surface area contributed by atoms with E-state index in [0.29, 0.717) is 17.8 Å². The van der Waals surface area contributed by atoms with Gasteiger partial charge < -0.3 is 15.0 Å². The van der Waals surface area contributed by atoms with Crippen molar-refractivity contribution in [2.45, 2.75) is 6.92 Å². The van der Waals surface area contributed by atoms with E-state index in [1.54, 1.807) is 6.92 Å². The number of rotatable bonds is 4. The van der Waals surface area contributed by atoms with Gasteiger partial charge in [0.05, 0.1) is 5.69 Å². The van der Waals surface area contributed by atoms with Crippen LogP contribution in [0.15, 0.2) is 29.2 Å². The highest BCUT2D eigenvalue weighted by atomic mass is 19.2. The number of hydrogen-bond acceptors (Lipinski definition) is 3. The maximum absolute atomic E-state index is 13.0. The number of aromatic amines is 1. The summed E-state index contributed by atoms with van der Waals surface area (Å²) in [6.45, 7) is 1.04. The molecule has 1 amide bonds. The molecule has 0 unspecified atom stereocenters. The van der Waals surface area contributed by atoms with Crippen LogP contribution >= 0.6 is 0 Å². The van der Waals surface area contributed by atoms with Gasteiger partial charge in [0, 0.05) is 30.1 Å². The van der Waals surface area contributed by atoms with Crippen molar-refractivity contribution >= 4 is 11.6 Å². The van der Waals surface area contributed by atoms with Gasteiger partial charge in [0.15, 0.2) is 29.8 Å². The number of benzene rings is 1. The SMILES string of the molecule is Cc1[nH]ccc(=O)c1OCC(=O)Nc1cc(F)c(F)c(F)c1. The number of carbonyl (C=O) groups is 1. The smallest absolute Gasteiger partial charge is 0.262 e. The molecular weight excluding hydrogens is 301 g/mol. The molecule has 0 saturated heterocycles. The highest BCUT2D eigenvalue weighted by Crippen LogP contribution is 2.17. The number of nitrogens with one attached hydrogen (secondary N) is 2. The maximum atomic E-state index is 13.0. The highest BCUT2D eigenvalue weighted by Gasteiger charge is 2.13. The summed E-state index contributed by atoms with van der Waals surface area (Å²) in [5.74, 6) is -5.26. The first-order chi connectivity index (χ1) is 10.4. The van der Waals surface area contributed by atoms with Gasteiger partial charge in [0.1, 0.15) is 0 Å². The Labute approximate surface area is 122 Å². The van der Waals surface area contributed by atoms with Crippen molar-refractivity contribution in [1.82, 2.24) is 4.98 Å². The molecule has 0 atom stereocenters. The number of hydrogen-bond donors (Lipinski definition) is 2. The number of ether oxygens (including phenoxy) is 1. The van der Waals surface area contributed by atoms with Gasteiger partial charge >= 0.3 is 0 Å². The molecule has 2 aromatic rings. The molecule has 0 aliphatic heterocycles. The molecule has 0 radical (unpaired) electrons. The molecule has 22 heavy (non-hydrogen) atoms. The zero-order chi connectivity index (χ0) is 16.3. The molecule has 8 heteroatoms. The Kier molecular flexibility index (Phi) is 4.50. The van der Waals surface area contributed by atoms with E-state index in [9.17, 15) is 22.8 Å². The third-order valence-corrected chi connectivity index (χ3v) is 2.71. The van der Waals surface area contributed by atoms with Crippen molar-refractivity contribution in [2.24, 2.45) is 0 Å². The second-order valence-electron chi connectivity index (χ2n) is 4.39. The van der Waals surface area contributed by atoms with Crippen LogP contribution in [0.25, 0.3) is 0 Å². The van der Waals surface area contributed by atoms with Crippen molar-refractivity contribution < 1.29 is 22.7 Å². The average Bonchev–Trinajstić information content (AvgIpc) is 2.44. The van der Waals surface area contributed by atoms with Crippen LogP contribution in [0.2, 0.25) is 0 Å². The van der Waals surface area contributed by atoms with Gasteiger partial charge in [-0.2, -0.15) is 0 Å². The highest BCUT2D eigenvalue weighted by molar-refractivity contribution is 5.91. The van der Waals surface area contributed by atoms with E-state index in [4.69, 9.17) is 4.74 Å². The number of anilines is 1. The molecular formula is C14H11F3N2O3. The number of halogens is 3. The van der Waals surface area contributed by atoms with E-state index in [-0.39, 0.29) is 11.4 Å². The monoisotopic (exact) mass is 312 g/mol. The Balaban J connectivity index is 2.04.